The van der Waals surface area contributed by atoms with E-state index in [4.69, 9.17) is 4.42 Å². The van der Waals surface area contributed by atoms with Gasteiger partial charge in [-0.2, -0.15) is 0 Å². The lowest BCUT2D eigenvalue weighted by molar-refractivity contribution is -0.127. The normalized spacial score (nSPS) is 10.8. The van der Waals surface area contributed by atoms with Gasteiger partial charge in [0.2, 0.25) is 5.91 Å². The number of furan rings is 1. The summed E-state index contributed by atoms with van der Waals surface area (Å²) < 4.78 is 6.35. The Labute approximate surface area is 179 Å². The second kappa shape index (κ2) is 11.9. The maximum Gasteiger partial charge on any atom is 0.241 e. The number of carbonyl (C=O) groups excluding carboxylic acids is 1. The summed E-state index contributed by atoms with van der Waals surface area (Å²) in [5.41, 5.74) is 1.09. The number of hydrogen-bond donors (Lipinski definition) is 2. The third-order valence-electron chi connectivity index (χ3n) is 3.48. The molecule has 0 fully saturated rings. The summed E-state index contributed by atoms with van der Waals surface area (Å²) in [5.74, 6) is 1.50. The molecule has 2 N–H and O–H groups in total. The van der Waals surface area contributed by atoms with Crippen LogP contribution in [0.25, 0.3) is 0 Å². The smallest absolute Gasteiger partial charge is 0.241 e. The van der Waals surface area contributed by atoms with E-state index in [1.807, 2.05) is 36.4 Å². The highest BCUT2D eigenvalue weighted by Gasteiger charge is 2.06. The zero-order valence-electron chi connectivity index (χ0n) is 14.9. The van der Waals surface area contributed by atoms with Gasteiger partial charge in [0.05, 0.1) is 19.4 Å². The number of aliphatic imine (C=N–C) groups is 1. The molecule has 0 aliphatic rings. The fraction of sp³-hybridized carbons (Fsp3) is 0.333. The molecule has 1 heterocycles. The molecule has 1 amide bonds. The summed E-state index contributed by atoms with van der Waals surface area (Å²) in [6.45, 7) is 1.38. The molecule has 1 aromatic heterocycles. The van der Waals surface area contributed by atoms with Gasteiger partial charge in [0.25, 0.3) is 0 Å². The van der Waals surface area contributed by atoms with Gasteiger partial charge < -0.3 is 20.0 Å². The Bertz CT molecular complexity index is 688. The van der Waals surface area contributed by atoms with Crippen LogP contribution in [-0.4, -0.2) is 44.0 Å². The van der Waals surface area contributed by atoms with E-state index < -0.39 is 0 Å². The lowest BCUT2D eigenvalue weighted by Crippen LogP contribution is -2.43. The molecule has 0 atom stereocenters. The average molecular weight is 535 g/mol. The van der Waals surface area contributed by atoms with Crippen molar-refractivity contribution < 1.29 is 9.21 Å². The molecule has 2 aromatic rings. The van der Waals surface area contributed by atoms with Crippen molar-refractivity contribution >= 4 is 51.8 Å². The van der Waals surface area contributed by atoms with Gasteiger partial charge in [-0.3, -0.25) is 4.79 Å². The first-order valence-corrected chi connectivity index (χ1v) is 8.83. The van der Waals surface area contributed by atoms with Gasteiger partial charge in [0.1, 0.15) is 5.76 Å². The molecule has 26 heavy (non-hydrogen) atoms. The van der Waals surface area contributed by atoms with Crippen molar-refractivity contribution in [3.8, 4) is 0 Å². The quantitative estimate of drug-likeness (QED) is 0.325. The van der Waals surface area contributed by atoms with Crippen molar-refractivity contribution in [1.82, 2.24) is 15.5 Å². The Balaban J connectivity index is 0.00000338. The minimum Gasteiger partial charge on any atom is -0.469 e. The van der Waals surface area contributed by atoms with Crippen LogP contribution in [0.15, 0.2) is 56.5 Å². The number of halogens is 2. The van der Waals surface area contributed by atoms with Crippen LogP contribution in [0, 0.1) is 0 Å². The lowest BCUT2D eigenvalue weighted by Gasteiger charge is -2.14. The highest BCUT2D eigenvalue weighted by Crippen LogP contribution is 2.11. The van der Waals surface area contributed by atoms with Crippen molar-refractivity contribution in [2.45, 2.75) is 13.0 Å². The van der Waals surface area contributed by atoms with E-state index in [9.17, 15) is 4.79 Å². The number of nitrogens with one attached hydrogen (secondary N) is 2. The van der Waals surface area contributed by atoms with Gasteiger partial charge in [-0.05, 0) is 29.8 Å². The Morgan fingerprint density at radius 2 is 1.92 bits per heavy atom. The summed E-state index contributed by atoms with van der Waals surface area (Å²) >= 11 is 3.42. The first kappa shape index (κ1) is 22.5. The molecule has 0 spiro atoms. The van der Waals surface area contributed by atoms with Crippen molar-refractivity contribution in [2.24, 2.45) is 4.99 Å². The maximum absolute atomic E-state index is 11.8. The Kier molecular flexibility index (Phi) is 10.3. The number of benzene rings is 1. The molecule has 6 nitrogen and oxygen atoms in total. The van der Waals surface area contributed by atoms with Crippen LogP contribution >= 0.6 is 39.9 Å². The van der Waals surface area contributed by atoms with E-state index in [1.54, 1.807) is 25.3 Å². The Morgan fingerprint density at radius 1 is 1.19 bits per heavy atom. The second-order valence-electron chi connectivity index (χ2n) is 5.69. The molecule has 1 aromatic carbocycles. The second-order valence-corrected chi connectivity index (χ2v) is 6.60. The number of carbonyl (C=O) groups is 1. The molecule has 0 saturated carbocycles. The Morgan fingerprint density at radius 3 is 2.54 bits per heavy atom. The van der Waals surface area contributed by atoms with Crippen LogP contribution in [0.3, 0.4) is 0 Å². The molecule has 2 rings (SSSR count). The molecule has 0 radical (unpaired) electrons. The SMILES string of the molecule is CN(C)C(=O)CNC(=NCc1ccc(Br)cc1)NCCc1ccco1.I. The van der Waals surface area contributed by atoms with Crippen LogP contribution in [0.4, 0.5) is 0 Å². The van der Waals surface area contributed by atoms with Gasteiger partial charge in [-0.15, -0.1) is 24.0 Å². The molecule has 0 aliphatic heterocycles. The van der Waals surface area contributed by atoms with Crippen LogP contribution in [0.5, 0.6) is 0 Å². The summed E-state index contributed by atoms with van der Waals surface area (Å²) in [4.78, 5) is 17.9. The minimum absolute atomic E-state index is 0. The van der Waals surface area contributed by atoms with E-state index in [1.165, 1.54) is 0 Å². The molecule has 0 saturated heterocycles. The minimum atomic E-state index is -0.0100. The van der Waals surface area contributed by atoms with E-state index in [0.29, 0.717) is 19.0 Å². The first-order valence-electron chi connectivity index (χ1n) is 8.04. The van der Waals surface area contributed by atoms with Crippen molar-refractivity contribution in [3.05, 3.63) is 58.5 Å². The molecular weight excluding hydrogens is 511 g/mol. The topological polar surface area (TPSA) is 69.9 Å². The standard InChI is InChI=1S/C18H23BrN4O2.HI/c1-23(2)17(24)13-22-18(20-10-9-16-4-3-11-25-16)21-12-14-5-7-15(19)8-6-14;/h3-8,11H,9-10,12-13H2,1-2H3,(H2,20,21,22);1H. The van der Waals surface area contributed by atoms with E-state index >= 15 is 0 Å². The molecule has 142 valence electrons. The predicted molar refractivity (Wildman–Crippen MR) is 118 cm³/mol. The van der Waals surface area contributed by atoms with Gasteiger partial charge in [0.15, 0.2) is 5.96 Å². The number of hydrogen-bond acceptors (Lipinski definition) is 3. The van der Waals surface area contributed by atoms with Gasteiger partial charge in [-0.1, -0.05) is 28.1 Å². The zero-order chi connectivity index (χ0) is 18.1. The zero-order valence-corrected chi connectivity index (χ0v) is 18.8. The Hall–Kier alpha value is -1.55. The van der Waals surface area contributed by atoms with Crippen molar-refractivity contribution in [3.63, 3.8) is 0 Å². The maximum atomic E-state index is 11.8. The van der Waals surface area contributed by atoms with E-state index in [-0.39, 0.29) is 36.4 Å². The highest BCUT2D eigenvalue weighted by atomic mass is 127. The highest BCUT2D eigenvalue weighted by molar-refractivity contribution is 14.0. The van der Waals surface area contributed by atoms with Crippen LogP contribution in [0.1, 0.15) is 11.3 Å². The van der Waals surface area contributed by atoms with Crippen LogP contribution < -0.4 is 10.6 Å². The molecular formula is C18H24BrIN4O2. The fourth-order valence-electron chi connectivity index (χ4n) is 2.01. The third kappa shape index (κ3) is 8.22. The van der Waals surface area contributed by atoms with Gasteiger partial charge in [0, 0.05) is 31.5 Å². The lowest BCUT2D eigenvalue weighted by atomic mass is 10.2. The van der Waals surface area contributed by atoms with E-state index in [0.717, 1.165) is 22.2 Å². The molecule has 0 aliphatic carbocycles. The summed E-state index contributed by atoms with van der Waals surface area (Å²) in [7, 11) is 3.46. The van der Waals surface area contributed by atoms with Crippen LogP contribution in [0.2, 0.25) is 0 Å². The number of guanidine groups is 1. The summed E-state index contributed by atoms with van der Waals surface area (Å²) in [5, 5.41) is 6.30. The molecule has 0 unspecified atom stereocenters. The summed E-state index contributed by atoms with van der Waals surface area (Å²) in [6.07, 6.45) is 2.40. The third-order valence-corrected chi connectivity index (χ3v) is 4.01. The predicted octanol–water partition coefficient (Wildman–Crippen LogP) is 3.03. The van der Waals surface area contributed by atoms with Crippen LogP contribution in [-0.2, 0) is 17.8 Å². The number of likely N-dealkylation sites (N-methyl/N-ethyl adjacent to an activating group) is 1. The fourth-order valence-corrected chi connectivity index (χ4v) is 2.28. The molecule has 0 bridgehead atoms. The number of rotatable bonds is 7. The van der Waals surface area contributed by atoms with Crippen molar-refractivity contribution in [1.29, 1.82) is 0 Å². The number of nitrogens with zero attached hydrogens (tertiary/aromatic N) is 2. The van der Waals surface area contributed by atoms with E-state index in [2.05, 4.69) is 31.6 Å². The van der Waals surface area contributed by atoms with Gasteiger partial charge in [-0.25, -0.2) is 4.99 Å². The monoisotopic (exact) mass is 534 g/mol. The average Bonchev–Trinajstić information content (AvgIpc) is 3.11. The summed E-state index contributed by atoms with van der Waals surface area (Å²) in [6, 6.07) is 11.8. The largest absolute Gasteiger partial charge is 0.469 e. The first-order chi connectivity index (χ1) is 12.0. The van der Waals surface area contributed by atoms with Crippen molar-refractivity contribution in [2.75, 3.05) is 27.2 Å². The molecule has 8 heteroatoms. The number of amides is 1. The van der Waals surface area contributed by atoms with Gasteiger partial charge >= 0.3 is 0 Å².